The van der Waals surface area contributed by atoms with Crippen LogP contribution in [0.5, 0.6) is 0 Å². The summed E-state index contributed by atoms with van der Waals surface area (Å²) in [5.74, 6) is 0.600. The fourth-order valence-electron chi connectivity index (χ4n) is 3.77. The third-order valence-corrected chi connectivity index (χ3v) is 4.74. The van der Waals surface area contributed by atoms with Gasteiger partial charge in [0.2, 0.25) is 0 Å². The number of benzene rings is 2. The van der Waals surface area contributed by atoms with Crippen molar-refractivity contribution in [1.29, 1.82) is 0 Å². The molecule has 3 rings (SSSR count). The predicted molar refractivity (Wildman–Crippen MR) is 89.7 cm³/mol. The molecule has 0 saturated carbocycles. The fourth-order valence-corrected chi connectivity index (χ4v) is 3.77. The number of hydrogen-bond donors (Lipinski definition) is 1. The first-order valence-electron chi connectivity index (χ1n) is 8.17. The molecule has 1 N–H and O–H groups in total. The highest BCUT2D eigenvalue weighted by atomic mass is 14.9. The molecule has 2 atom stereocenters. The topological polar surface area (TPSA) is 12.0 Å². The smallest absolute Gasteiger partial charge is 0.0387 e. The van der Waals surface area contributed by atoms with Crippen molar-refractivity contribution in [3.8, 4) is 0 Å². The van der Waals surface area contributed by atoms with Crippen LogP contribution in [0.25, 0.3) is 0 Å². The number of hydrogen-bond acceptors (Lipinski definition) is 1. The van der Waals surface area contributed by atoms with Crippen LogP contribution in [0.3, 0.4) is 0 Å². The van der Waals surface area contributed by atoms with E-state index in [2.05, 4.69) is 67.8 Å². The lowest BCUT2D eigenvalue weighted by atomic mass is 9.87. The molecular weight excluding hydrogens is 254 g/mol. The number of nitrogens with one attached hydrogen (secondary N) is 1. The first kappa shape index (κ1) is 14.3. The molecule has 0 fully saturated rings. The van der Waals surface area contributed by atoms with Crippen molar-refractivity contribution >= 4 is 0 Å². The standard InChI is InChI=1S/C20H25N/c1-3-7-15-8-6-10-17(14-15)20(21-2)19-13-12-16-9-4-5-11-18(16)19/h4-6,8-11,14,19-21H,3,7,12-13H2,1-2H3. The lowest BCUT2D eigenvalue weighted by molar-refractivity contribution is 0.476. The molecule has 0 spiro atoms. The van der Waals surface area contributed by atoms with Gasteiger partial charge in [0.1, 0.15) is 0 Å². The van der Waals surface area contributed by atoms with Crippen LogP contribution in [0, 0.1) is 0 Å². The summed E-state index contributed by atoms with van der Waals surface area (Å²) in [6, 6.07) is 18.5. The summed E-state index contributed by atoms with van der Waals surface area (Å²) in [6.07, 6.45) is 4.85. The quantitative estimate of drug-likeness (QED) is 0.841. The Hall–Kier alpha value is -1.60. The van der Waals surface area contributed by atoms with Crippen molar-refractivity contribution < 1.29 is 0 Å². The zero-order valence-corrected chi connectivity index (χ0v) is 13.1. The summed E-state index contributed by atoms with van der Waals surface area (Å²) in [7, 11) is 2.10. The molecule has 0 saturated heterocycles. The van der Waals surface area contributed by atoms with E-state index in [1.807, 2.05) is 0 Å². The number of aryl methyl sites for hydroxylation is 2. The molecule has 0 radical (unpaired) electrons. The normalized spacial score (nSPS) is 18.5. The molecule has 0 bridgehead atoms. The third-order valence-electron chi connectivity index (χ3n) is 4.74. The molecule has 0 aliphatic heterocycles. The van der Waals surface area contributed by atoms with Crippen molar-refractivity contribution in [2.75, 3.05) is 7.05 Å². The number of fused-ring (bicyclic) bond motifs is 1. The van der Waals surface area contributed by atoms with E-state index in [4.69, 9.17) is 0 Å². The molecular formula is C20H25N. The molecule has 1 nitrogen and oxygen atoms in total. The third kappa shape index (κ3) is 2.89. The molecule has 1 aliphatic carbocycles. The summed E-state index contributed by atoms with van der Waals surface area (Å²) in [6.45, 7) is 2.25. The van der Waals surface area contributed by atoms with Gasteiger partial charge >= 0.3 is 0 Å². The Morgan fingerprint density at radius 1 is 1.14 bits per heavy atom. The Labute approximate surface area is 128 Å². The van der Waals surface area contributed by atoms with Gasteiger partial charge in [0.05, 0.1) is 0 Å². The van der Waals surface area contributed by atoms with Crippen LogP contribution in [0.2, 0.25) is 0 Å². The Kier molecular flexibility index (Phi) is 4.40. The first-order valence-corrected chi connectivity index (χ1v) is 8.17. The van der Waals surface area contributed by atoms with E-state index in [0.717, 1.165) is 0 Å². The molecule has 2 aromatic carbocycles. The lowest BCUT2D eigenvalue weighted by Gasteiger charge is -2.25. The maximum atomic E-state index is 3.57. The van der Waals surface area contributed by atoms with Gasteiger partial charge in [0.25, 0.3) is 0 Å². The molecule has 1 heteroatoms. The van der Waals surface area contributed by atoms with Crippen LogP contribution in [-0.2, 0) is 12.8 Å². The lowest BCUT2D eigenvalue weighted by Crippen LogP contribution is -2.22. The average molecular weight is 279 g/mol. The molecule has 0 heterocycles. The van der Waals surface area contributed by atoms with Gasteiger partial charge in [-0.3, -0.25) is 0 Å². The van der Waals surface area contributed by atoms with Gasteiger partial charge in [-0.1, -0.05) is 61.9 Å². The molecule has 21 heavy (non-hydrogen) atoms. The van der Waals surface area contributed by atoms with Gasteiger partial charge in [-0.05, 0) is 48.6 Å². The zero-order valence-electron chi connectivity index (χ0n) is 13.1. The molecule has 0 aromatic heterocycles. The van der Waals surface area contributed by atoms with Gasteiger partial charge in [-0.25, -0.2) is 0 Å². The Morgan fingerprint density at radius 2 is 2.00 bits per heavy atom. The summed E-state index contributed by atoms with van der Waals surface area (Å²) in [4.78, 5) is 0. The van der Waals surface area contributed by atoms with Crippen LogP contribution >= 0.6 is 0 Å². The highest BCUT2D eigenvalue weighted by Gasteiger charge is 2.29. The van der Waals surface area contributed by atoms with E-state index >= 15 is 0 Å². The second-order valence-electron chi connectivity index (χ2n) is 6.11. The van der Waals surface area contributed by atoms with Gasteiger partial charge in [0, 0.05) is 12.0 Å². The average Bonchev–Trinajstić information content (AvgIpc) is 2.93. The SMILES string of the molecule is CCCc1cccc(C(NC)C2CCc3ccccc32)c1. The van der Waals surface area contributed by atoms with Crippen molar-refractivity contribution in [3.05, 3.63) is 70.8 Å². The zero-order chi connectivity index (χ0) is 14.7. The summed E-state index contributed by atoms with van der Waals surface area (Å²) in [5, 5.41) is 3.57. The van der Waals surface area contributed by atoms with Crippen molar-refractivity contribution in [2.24, 2.45) is 0 Å². The monoisotopic (exact) mass is 279 g/mol. The van der Waals surface area contributed by atoms with Gasteiger partial charge in [-0.2, -0.15) is 0 Å². The minimum Gasteiger partial charge on any atom is -0.312 e. The van der Waals surface area contributed by atoms with E-state index in [0.29, 0.717) is 12.0 Å². The van der Waals surface area contributed by atoms with Crippen LogP contribution in [0.4, 0.5) is 0 Å². The van der Waals surface area contributed by atoms with Crippen molar-refractivity contribution in [3.63, 3.8) is 0 Å². The van der Waals surface area contributed by atoms with Crippen molar-refractivity contribution in [1.82, 2.24) is 5.32 Å². The summed E-state index contributed by atoms with van der Waals surface area (Å²) >= 11 is 0. The van der Waals surface area contributed by atoms with Crippen LogP contribution < -0.4 is 5.32 Å². The molecule has 110 valence electrons. The van der Waals surface area contributed by atoms with E-state index in [1.54, 1.807) is 0 Å². The van der Waals surface area contributed by atoms with Gasteiger partial charge in [0.15, 0.2) is 0 Å². The van der Waals surface area contributed by atoms with Gasteiger partial charge in [-0.15, -0.1) is 0 Å². The molecule has 1 aliphatic rings. The Balaban J connectivity index is 1.91. The maximum Gasteiger partial charge on any atom is 0.0387 e. The van der Waals surface area contributed by atoms with Crippen LogP contribution in [-0.4, -0.2) is 7.05 Å². The minimum atomic E-state index is 0.422. The highest BCUT2D eigenvalue weighted by molar-refractivity contribution is 5.39. The summed E-state index contributed by atoms with van der Waals surface area (Å²) in [5.41, 5.74) is 5.97. The second-order valence-corrected chi connectivity index (χ2v) is 6.11. The van der Waals surface area contributed by atoms with E-state index in [-0.39, 0.29) is 0 Å². The van der Waals surface area contributed by atoms with E-state index in [1.165, 1.54) is 47.9 Å². The van der Waals surface area contributed by atoms with Gasteiger partial charge < -0.3 is 5.32 Å². The van der Waals surface area contributed by atoms with Crippen molar-refractivity contribution in [2.45, 2.75) is 44.6 Å². The number of likely N-dealkylation sites (N-methyl/N-ethyl adjacent to an activating group) is 1. The second kappa shape index (κ2) is 6.44. The molecule has 0 amide bonds. The molecule has 2 aromatic rings. The number of rotatable bonds is 5. The first-order chi connectivity index (χ1) is 10.3. The molecule has 2 unspecified atom stereocenters. The summed E-state index contributed by atoms with van der Waals surface area (Å²) < 4.78 is 0. The van der Waals surface area contributed by atoms with Crippen LogP contribution in [0.1, 0.15) is 54.0 Å². The van der Waals surface area contributed by atoms with Crippen LogP contribution in [0.15, 0.2) is 48.5 Å². The Bertz CT molecular complexity index is 602. The highest BCUT2D eigenvalue weighted by Crippen LogP contribution is 2.41. The minimum absolute atomic E-state index is 0.422. The van der Waals surface area contributed by atoms with E-state index in [9.17, 15) is 0 Å². The largest absolute Gasteiger partial charge is 0.312 e. The van der Waals surface area contributed by atoms with E-state index < -0.39 is 0 Å². The fraction of sp³-hybridized carbons (Fsp3) is 0.400. The maximum absolute atomic E-state index is 3.57. The Morgan fingerprint density at radius 3 is 2.81 bits per heavy atom. The predicted octanol–water partition coefficient (Wildman–Crippen LogP) is 4.63.